The molecule has 0 rings (SSSR count). The lowest BCUT2D eigenvalue weighted by molar-refractivity contribution is -0.332. The van der Waals surface area contributed by atoms with E-state index < -0.39 is 46.1 Å². The van der Waals surface area contributed by atoms with Gasteiger partial charge in [0.2, 0.25) is 0 Å². The molecule has 0 aliphatic heterocycles. The van der Waals surface area contributed by atoms with E-state index >= 15 is 0 Å². The molecular formula is C6HF15O2S. The van der Waals surface area contributed by atoms with Crippen molar-refractivity contribution >= 4 is 10.2 Å². The average molecular weight is 422 g/mol. The molecule has 0 aliphatic rings. The molecule has 0 amide bonds. The third kappa shape index (κ3) is 4.95. The molecule has 2 nitrogen and oxygen atoms in total. The van der Waals surface area contributed by atoms with Gasteiger partial charge in [-0.3, -0.25) is 0 Å². The standard InChI is InChI=1S/C3F8O2S.C3HF7/c4-1(5,2(6,7)8)3(9,10)14(11,12)13;4-1(5)2(6,7)3(8,9)10/h;1H. The van der Waals surface area contributed by atoms with Crippen molar-refractivity contribution in [2.75, 3.05) is 0 Å². The van der Waals surface area contributed by atoms with E-state index in [0.29, 0.717) is 0 Å². The first-order valence-corrected chi connectivity index (χ1v) is 5.82. The van der Waals surface area contributed by atoms with E-state index in [9.17, 15) is 73.8 Å². The Morgan fingerprint density at radius 3 is 0.958 bits per heavy atom. The van der Waals surface area contributed by atoms with E-state index in [1.165, 1.54) is 0 Å². The number of rotatable bonds is 3. The van der Waals surface area contributed by atoms with Crippen molar-refractivity contribution in [3.8, 4) is 0 Å². The maximum absolute atomic E-state index is 11.8. The van der Waals surface area contributed by atoms with E-state index in [4.69, 9.17) is 0 Å². The first-order chi connectivity index (χ1) is 9.94. The summed E-state index contributed by atoms with van der Waals surface area (Å²) in [7, 11) is -7.35. The van der Waals surface area contributed by atoms with Crippen LogP contribution in [0.4, 0.5) is 65.4 Å². The van der Waals surface area contributed by atoms with E-state index in [0.717, 1.165) is 0 Å². The Labute approximate surface area is 121 Å². The zero-order chi connectivity index (χ0) is 20.6. The minimum Gasteiger partial charge on any atom is -0.203 e. The van der Waals surface area contributed by atoms with Crippen LogP contribution in [-0.4, -0.2) is 44.3 Å². The van der Waals surface area contributed by atoms with Crippen molar-refractivity contribution in [1.82, 2.24) is 0 Å². The summed E-state index contributed by atoms with van der Waals surface area (Å²) in [6.07, 6.45) is -17.7. The Hall–Kier alpha value is -1.10. The molecule has 0 atom stereocenters. The highest BCUT2D eigenvalue weighted by molar-refractivity contribution is 7.87. The highest BCUT2D eigenvalue weighted by atomic mass is 32.3. The molecule has 0 N–H and O–H groups in total. The predicted molar refractivity (Wildman–Crippen MR) is 43.0 cm³/mol. The molecule has 0 aromatic heterocycles. The molecule has 0 saturated carbocycles. The molecule has 0 unspecified atom stereocenters. The normalized spacial score (nSPS) is 15.2. The fourth-order valence-corrected chi connectivity index (χ4v) is 0.864. The first kappa shape index (κ1) is 25.1. The molecule has 0 fully saturated rings. The largest absolute Gasteiger partial charge is 0.461 e. The lowest BCUT2D eigenvalue weighted by atomic mass is 10.3. The van der Waals surface area contributed by atoms with Crippen LogP contribution >= 0.6 is 0 Å². The Morgan fingerprint density at radius 2 is 0.917 bits per heavy atom. The van der Waals surface area contributed by atoms with Gasteiger partial charge in [-0.25, -0.2) is 8.78 Å². The molecule has 0 heterocycles. The van der Waals surface area contributed by atoms with Crippen LogP contribution in [0.3, 0.4) is 0 Å². The van der Waals surface area contributed by atoms with Crippen LogP contribution in [0.1, 0.15) is 0 Å². The van der Waals surface area contributed by atoms with Crippen molar-refractivity contribution < 1.29 is 73.8 Å². The Morgan fingerprint density at radius 1 is 0.625 bits per heavy atom. The van der Waals surface area contributed by atoms with Crippen LogP contribution in [-0.2, 0) is 10.2 Å². The third-order valence-corrected chi connectivity index (χ3v) is 2.55. The predicted octanol–water partition coefficient (Wildman–Crippen LogP) is 4.53. The van der Waals surface area contributed by atoms with Gasteiger partial charge in [0.25, 0.3) is 0 Å². The van der Waals surface area contributed by atoms with E-state index in [1.54, 1.807) is 0 Å². The van der Waals surface area contributed by atoms with E-state index in [2.05, 4.69) is 0 Å². The van der Waals surface area contributed by atoms with Gasteiger partial charge in [-0.1, -0.05) is 3.89 Å². The highest BCUT2D eigenvalue weighted by Crippen LogP contribution is 2.49. The molecule has 24 heavy (non-hydrogen) atoms. The van der Waals surface area contributed by atoms with Crippen LogP contribution in [0, 0.1) is 0 Å². The van der Waals surface area contributed by atoms with Gasteiger partial charge in [0, 0.05) is 0 Å². The summed E-state index contributed by atoms with van der Waals surface area (Å²) in [6.45, 7) is 0. The zero-order valence-corrected chi connectivity index (χ0v) is 10.8. The van der Waals surface area contributed by atoms with E-state index in [1.807, 2.05) is 0 Å². The molecule has 0 aromatic rings. The van der Waals surface area contributed by atoms with Gasteiger partial charge in [-0.2, -0.15) is 61.1 Å². The zero-order valence-electron chi connectivity index (χ0n) is 9.97. The van der Waals surface area contributed by atoms with Crippen molar-refractivity contribution in [1.29, 1.82) is 0 Å². The van der Waals surface area contributed by atoms with Crippen molar-refractivity contribution in [2.24, 2.45) is 0 Å². The quantitative estimate of drug-likeness (QED) is 0.495. The average Bonchev–Trinajstić information content (AvgIpc) is 2.24. The van der Waals surface area contributed by atoms with Gasteiger partial charge < -0.3 is 0 Å². The molecular weight excluding hydrogens is 421 g/mol. The summed E-state index contributed by atoms with van der Waals surface area (Å²) >= 11 is 0. The minimum atomic E-state index is -7.35. The fraction of sp³-hybridized carbons (Fsp3) is 1.00. The SMILES string of the molecule is FC(F)C(F)(F)C(F)(F)F.O=S(=O)(F)C(F)(F)C(F)(F)C(F)(F)F. The van der Waals surface area contributed by atoms with E-state index in [-0.39, 0.29) is 0 Å². The molecule has 0 bridgehead atoms. The summed E-state index contributed by atoms with van der Waals surface area (Å²) in [4.78, 5) is 0. The molecule has 0 saturated heterocycles. The van der Waals surface area contributed by atoms with Crippen molar-refractivity contribution in [2.45, 2.75) is 35.9 Å². The summed E-state index contributed by atoms with van der Waals surface area (Å²) in [5.74, 6) is -12.9. The van der Waals surface area contributed by atoms with Gasteiger partial charge in [0.1, 0.15) is 0 Å². The number of hydrogen-bond donors (Lipinski definition) is 0. The smallest absolute Gasteiger partial charge is 0.203 e. The molecule has 18 heteroatoms. The highest BCUT2D eigenvalue weighted by Gasteiger charge is 2.79. The topological polar surface area (TPSA) is 34.1 Å². The van der Waals surface area contributed by atoms with Crippen LogP contribution < -0.4 is 0 Å². The van der Waals surface area contributed by atoms with Crippen molar-refractivity contribution in [3.63, 3.8) is 0 Å². The Balaban J connectivity index is 0. The first-order valence-electron chi connectivity index (χ1n) is 4.43. The minimum absolute atomic E-state index is 4.70. The number of halogens is 15. The molecule has 0 spiro atoms. The van der Waals surface area contributed by atoms with Crippen molar-refractivity contribution in [3.05, 3.63) is 0 Å². The molecule has 0 aromatic carbocycles. The third-order valence-electron chi connectivity index (χ3n) is 1.68. The second-order valence-electron chi connectivity index (χ2n) is 3.45. The number of alkyl halides is 14. The van der Waals surface area contributed by atoms with Gasteiger partial charge in [-0.05, 0) is 0 Å². The van der Waals surface area contributed by atoms with Gasteiger partial charge in [0.05, 0.1) is 0 Å². The summed E-state index contributed by atoms with van der Waals surface area (Å²) in [6, 6.07) is 0. The lowest BCUT2D eigenvalue weighted by Crippen LogP contribution is -2.54. The van der Waals surface area contributed by atoms with Crippen LogP contribution in [0.2, 0.25) is 0 Å². The fourth-order valence-electron chi connectivity index (χ4n) is 0.442. The van der Waals surface area contributed by atoms with Crippen LogP contribution in [0.5, 0.6) is 0 Å². The summed E-state index contributed by atoms with van der Waals surface area (Å²) in [5, 5.41) is -6.84. The van der Waals surface area contributed by atoms with Gasteiger partial charge >= 0.3 is 46.1 Å². The molecule has 0 aliphatic carbocycles. The monoisotopic (exact) mass is 422 g/mol. The maximum Gasteiger partial charge on any atom is 0.461 e. The lowest BCUT2D eigenvalue weighted by Gasteiger charge is -2.24. The Bertz CT molecular complexity index is 511. The number of hydrogen-bond acceptors (Lipinski definition) is 2. The van der Waals surface area contributed by atoms with Crippen LogP contribution in [0.25, 0.3) is 0 Å². The second-order valence-corrected chi connectivity index (χ2v) is 4.84. The summed E-state index contributed by atoms with van der Waals surface area (Å²) in [5.41, 5.74) is 0. The summed E-state index contributed by atoms with van der Waals surface area (Å²) < 4.78 is 187. The molecule has 148 valence electrons. The van der Waals surface area contributed by atoms with Gasteiger partial charge in [-0.15, -0.1) is 0 Å². The molecule has 0 radical (unpaired) electrons. The van der Waals surface area contributed by atoms with Gasteiger partial charge in [0.15, 0.2) is 0 Å². The Kier molecular flexibility index (Phi) is 6.98. The maximum atomic E-state index is 11.8. The second kappa shape index (κ2) is 6.66. The van der Waals surface area contributed by atoms with Crippen LogP contribution in [0.15, 0.2) is 0 Å².